The van der Waals surface area contributed by atoms with Gasteiger partial charge in [0.25, 0.3) is 5.69 Å². The highest BCUT2D eigenvalue weighted by Crippen LogP contribution is 2.26. The van der Waals surface area contributed by atoms with E-state index < -0.39 is 16.9 Å². The van der Waals surface area contributed by atoms with E-state index in [4.69, 9.17) is 9.84 Å². The molecule has 0 saturated heterocycles. The van der Waals surface area contributed by atoms with E-state index in [-0.39, 0.29) is 5.69 Å². The van der Waals surface area contributed by atoms with Gasteiger partial charge in [0.1, 0.15) is 11.8 Å². The Kier molecular flexibility index (Phi) is 3.86. The number of nitrogens with zero attached hydrogens (tertiary/aromatic N) is 1. The molecule has 0 aromatic heterocycles. The van der Waals surface area contributed by atoms with Crippen LogP contribution in [0, 0.1) is 10.1 Å². The molecule has 0 aliphatic heterocycles. The van der Waals surface area contributed by atoms with Crippen LogP contribution in [0.4, 0.5) is 11.4 Å². The van der Waals surface area contributed by atoms with Crippen LogP contribution < -0.4 is 10.1 Å². The van der Waals surface area contributed by atoms with Crippen LogP contribution in [0.3, 0.4) is 0 Å². The van der Waals surface area contributed by atoms with Crippen LogP contribution in [0.15, 0.2) is 18.2 Å². The normalized spacial score (nSPS) is 11.6. The molecule has 7 nitrogen and oxygen atoms in total. The average Bonchev–Trinajstić information content (AvgIpc) is 2.28. The molecule has 1 aromatic carbocycles. The Morgan fingerprint density at radius 1 is 1.53 bits per heavy atom. The lowest BCUT2D eigenvalue weighted by Gasteiger charge is -2.11. The van der Waals surface area contributed by atoms with Crippen molar-refractivity contribution in [2.75, 3.05) is 12.4 Å². The number of carboxylic acid groups (broad SMARTS) is 1. The predicted octanol–water partition coefficient (Wildman–Crippen LogP) is 1.49. The van der Waals surface area contributed by atoms with E-state index in [2.05, 4.69) is 5.32 Å². The zero-order valence-electron chi connectivity index (χ0n) is 9.34. The number of methoxy groups -OCH3 is 1. The smallest absolute Gasteiger partial charge is 0.325 e. The topological polar surface area (TPSA) is 102 Å². The Morgan fingerprint density at radius 3 is 2.65 bits per heavy atom. The second-order valence-electron chi connectivity index (χ2n) is 3.38. The van der Waals surface area contributed by atoms with Crippen molar-refractivity contribution in [2.45, 2.75) is 13.0 Å². The van der Waals surface area contributed by atoms with Crippen LogP contribution in [-0.2, 0) is 4.79 Å². The third-order valence-electron chi connectivity index (χ3n) is 2.09. The first kappa shape index (κ1) is 12.8. The number of hydrogen-bond donors (Lipinski definition) is 2. The van der Waals surface area contributed by atoms with Crippen molar-refractivity contribution in [3.63, 3.8) is 0 Å². The largest absolute Gasteiger partial charge is 0.496 e. The maximum absolute atomic E-state index is 10.6. The maximum Gasteiger partial charge on any atom is 0.325 e. The average molecular weight is 240 g/mol. The quantitative estimate of drug-likeness (QED) is 0.597. The summed E-state index contributed by atoms with van der Waals surface area (Å²) in [5.41, 5.74) is 0.162. The summed E-state index contributed by atoms with van der Waals surface area (Å²) in [6, 6.07) is 3.16. The van der Waals surface area contributed by atoms with Crippen molar-refractivity contribution < 1.29 is 19.6 Å². The molecule has 0 aliphatic rings. The van der Waals surface area contributed by atoms with Gasteiger partial charge in [-0.25, -0.2) is 0 Å². The molecule has 0 fully saturated rings. The Bertz CT molecular complexity index is 446. The van der Waals surface area contributed by atoms with Crippen molar-refractivity contribution in [3.05, 3.63) is 28.3 Å². The van der Waals surface area contributed by atoms with Crippen LogP contribution in [0.5, 0.6) is 5.75 Å². The number of carbonyl (C=O) groups is 1. The van der Waals surface area contributed by atoms with Gasteiger partial charge in [-0.05, 0) is 6.92 Å². The van der Waals surface area contributed by atoms with E-state index in [0.29, 0.717) is 11.4 Å². The Morgan fingerprint density at radius 2 is 2.18 bits per heavy atom. The fraction of sp³-hybridized carbons (Fsp3) is 0.300. The molecule has 0 bridgehead atoms. The highest BCUT2D eigenvalue weighted by atomic mass is 16.6. The summed E-state index contributed by atoms with van der Waals surface area (Å²) in [6.45, 7) is 1.44. The molecule has 0 aliphatic carbocycles. The number of aliphatic carboxylic acids is 1. The Balaban J connectivity index is 3.02. The Hall–Kier alpha value is -2.31. The third kappa shape index (κ3) is 3.33. The number of nitrogens with one attached hydrogen (secondary N) is 1. The Labute approximate surface area is 97.2 Å². The predicted molar refractivity (Wildman–Crippen MR) is 60.4 cm³/mol. The van der Waals surface area contributed by atoms with Gasteiger partial charge >= 0.3 is 5.97 Å². The summed E-state index contributed by atoms with van der Waals surface area (Å²) in [4.78, 5) is 20.7. The molecule has 0 heterocycles. The van der Waals surface area contributed by atoms with Crippen LogP contribution in [0.25, 0.3) is 0 Å². The summed E-state index contributed by atoms with van der Waals surface area (Å²) in [7, 11) is 1.38. The number of rotatable bonds is 5. The molecule has 7 heteroatoms. The van der Waals surface area contributed by atoms with Gasteiger partial charge in [0.05, 0.1) is 18.1 Å². The van der Waals surface area contributed by atoms with Gasteiger partial charge in [-0.2, -0.15) is 0 Å². The molecule has 2 N–H and O–H groups in total. The number of hydrogen-bond acceptors (Lipinski definition) is 5. The van der Waals surface area contributed by atoms with E-state index in [1.807, 2.05) is 0 Å². The van der Waals surface area contributed by atoms with Gasteiger partial charge in [0.2, 0.25) is 0 Å². The minimum Gasteiger partial charge on any atom is -0.496 e. The summed E-state index contributed by atoms with van der Waals surface area (Å²) in [6.07, 6.45) is 0. The number of benzene rings is 1. The lowest BCUT2D eigenvalue weighted by Crippen LogP contribution is -2.25. The molecular weight excluding hydrogens is 228 g/mol. The van der Waals surface area contributed by atoms with Gasteiger partial charge < -0.3 is 15.2 Å². The summed E-state index contributed by atoms with van der Waals surface area (Å²) >= 11 is 0. The fourth-order valence-electron chi connectivity index (χ4n) is 1.20. The number of non-ortho nitro benzene ring substituents is 1. The van der Waals surface area contributed by atoms with Crippen LogP contribution >= 0.6 is 0 Å². The first-order valence-electron chi connectivity index (χ1n) is 4.77. The van der Waals surface area contributed by atoms with Crippen molar-refractivity contribution in [1.82, 2.24) is 0 Å². The summed E-state index contributed by atoms with van der Waals surface area (Å²) in [5, 5.41) is 22.0. The second kappa shape index (κ2) is 5.15. The molecule has 1 rings (SSSR count). The molecule has 0 saturated carbocycles. The van der Waals surface area contributed by atoms with E-state index in [1.165, 1.54) is 32.2 Å². The van der Waals surface area contributed by atoms with Crippen molar-refractivity contribution in [3.8, 4) is 5.75 Å². The number of nitro groups is 1. The van der Waals surface area contributed by atoms with Gasteiger partial charge in [-0.15, -0.1) is 0 Å². The minimum atomic E-state index is -1.05. The first-order valence-corrected chi connectivity index (χ1v) is 4.77. The second-order valence-corrected chi connectivity index (χ2v) is 3.38. The first-order chi connectivity index (χ1) is 7.93. The van der Waals surface area contributed by atoms with E-state index in [0.717, 1.165) is 0 Å². The zero-order chi connectivity index (χ0) is 13.0. The van der Waals surface area contributed by atoms with Gasteiger partial charge in [0, 0.05) is 17.8 Å². The van der Waals surface area contributed by atoms with Crippen LogP contribution in [0.1, 0.15) is 6.92 Å². The SMILES string of the molecule is COc1cc(NC(C)C(=O)O)cc([N+](=O)[O-])c1. The molecule has 0 amide bonds. The highest BCUT2D eigenvalue weighted by molar-refractivity contribution is 5.77. The third-order valence-corrected chi connectivity index (χ3v) is 2.09. The highest BCUT2D eigenvalue weighted by Gasteiger charge is 2.14. The standard InChI is InChI=1S/C10H12N2O5/c1-6(10(13)14)11-7-3-8(12(15)16)5-9(4-7)17-2/h3-6,11H,1-2H3,(H,13,14). The monoisotopic (exact) mass is 240 g/mol. The van der Waals surface area contributed by atoms with Crippen molar-refractivity contribution in [1.29, 1.82) is 0 Å². The summed E-state index contributed by atoms with van der Waals surface area (Å²) < 4.78 is 4.90. The van der Waals surface area contributed by atoms with E-state index in [1.54, 1.807) is 0 Å². The minimum absolute atomic E-state index is 0.163. The molecule has 1 unspecified atom stereocenters. The molecule has 17 heavy (non-hydrogen) atoms. The number of ether oxygens (including phenoxy) is 1. The molecule has 0 radical (unpaired) electrons. The molecule has 1 aromatic rings. The van der Waals surface area contributed by atoms with Crippen LogP contribution in [-0.4, -0.2) is 29.2 Å². The summed E-state index contributed by atoms with van der Waals surface area (Å²) in [5.74, 6) is -0.755. The number of carboxylic acids is 1. The van der Waals surface area contributed by atoms with Gasteiger partial charge in [-0.1, -0.05) is 0 Å². The van der Waals surface area contributed by atoms with E-state index >= 15 is 0 Å². The molecule has 0 spiro atoms. The maximum atomic E-state index is 10.6. The van der Waals surface area contributed by atoms with E-state index in [9.17, 15) is 14.9 Å². The van der Waals surface area contributed by atoms with Gasteiger partial charge in [-0.3, -0.25) is 14.9 Å². The lowest BCUT2D eigenvalue weighted by atomic mass is 10.2. The fourth-order valence-corrected chi connectivity index (χ4v) is 1.20. The molecular formula is C10H12N2O5. The molecule has 1 atom stereocenters. The number of nitro benzene ring substituents is 1. The molecule has 92 valence electrons. The van der Waals surface area contributed by atoms with Crippen molar-refractivity contribution >= 4 is 17.3 Å². The van der Waals surface area contributed by atoms with Crippen molar-refractivity contribution in [2.24, 2.45) is 0 Å². The number of anilines is 1. The van der Waals surface area contributed by atoms with Gasteiger partial charge in [0.15, 0.2) is 0 Å². The lowest BCUT2D eigenvalue weighted by molar-refractivity contribution is -0.384. The zero-order valence-corrected chi connectivity index (χ0v) is 9.34. The van der Waals surface area contributed by atoms with Crippen LogP contribution in [0.2, 0.25) is 0 Å².